The van der Waals surface area contributed by atoms with Crippen molar-refractivity contribution in [2.75, 3.05) is 6.61 Å². The van der Waals surface area contributed by atoms with E-state index in [-0.39, 0.29) is 11.7 Å². The average molecular weight is 629 g/mol. The number of rotatable bonds is 14. The number of amides is 1. The van der Waals surface area contributed by atoms with Crippen LogP contribution in [0.3, 0.4) is 0 Å². The molecule has 1 amide bonds. The Morgan fingerprint density at radius 1 is 0.966 bits per heavy atom. The highest BCUT2D eigenvalue weighted by Crippen LogP contribution is 2.27. The predicted molar refractivity (Wildman–Crippen MR) is 133 cm³/mol. The topological polar surface area (TPSA) is 75.6 Å². The van der Waals surface area contributed by atoms with Crippen molar-refractivity contribution in [3.8, 4) is 5.75 Å². The van der Waals surface area contributed by atoms with Crippen LogP contribution < -0.4 is 5.32 Å². The molecule has 0 aliphatic heterocycles. The molecule has 1 aromatic rings. The van der Waals surface area contributed by atoms with Gasteiger partial charge in [-0.1, -0.05) is 64.7 Å². The molecule has 164 valence electrons. The molecule has 0 spiro atoms. The highest BCUT2D eigenvalue weighted by atomic mass is 127. The smallest absolute Gasteiger partial charge is 0.328 e. The predicted octanol–water partition coefficient (Wildman–Crippen LogP) is 6.18. The number of hydrogen-bond acceptors (Lipinski definition) is 4. The Morgan fingerprint density at radius 3 is 1.97 bits per heavy atom. The number of ether oxygens (including phenoxy) is 1. The minimum atomic E-state index is -0.713. The lowest BCUT2D eigenvalue weighted by molar-refractivity contribution is -0.145. The van der Waals surface area contributed by atoms with E-state index >= 15 is 0 Å². The number of benzene rings is 1. The summed E-state index contributed by atoms with van der Waals surface area (Å²) in [5.74, 6) is -0.617. The van der Waals surface area contributed by atoms with E-state index in [2.05, 4.69) is 12.2 Å². The number of aromatic hydroxyl groups is 1. The number of carbonyl (C=O) groups is 2. The minimum absolute atomic E-state index is 0.159. The van der Waals surface area contributed by atoms with Gasteiger partial charge < -0.3 is 15.2 Å². The maximum Gasteiger partial charge on any atom is 0.328 e. The summed E-state index contributed by atoms with van der Waals surface area (Å²) in [7, 11) is 0. The van der Waals surface area contributed by atoms with Crippen LogP contribution in [0.25, 0.3) is 0 Å². The van der Waals surface area contributed by atoms with Crippen molar-refractivity contribution >= 4 is 57.1 Å². The molecule has 1 unspecified atom stereocenters. The summed E-state index contributed by atoms with van der Waals surface area (Å²) in [6.45, 7) is 4.25. The summed E-state index contributed by atoms with van der Waals surface area (Å²) < 4.78 is 6.47. The van der Waals surface area contributed by atoms with Gasteiger partial charge >= 0.3 is 5.97 Å². The number of hydrogen-bond donors (Lipinski definition) is 2. The van der Waals surface area contributed by atoms with Gasteiger partial charge in [-0.2, -0.15) is 0 Å². The standard InChI is InChI=1S/C22H33I2NO4/c1-3-4-5-6-7-8-9-10-11-12-13-29-22(28)16(2)25-21(27)17-14-18(23)20(26)19(24)15-17/h14-16,26H,3-13H2,1-2H3,(H,25,27). The number of nitrogens with one attached hydrogen (secondary N) is 1. The molecule has 29 heavy (non-hydrogen) atoms. The molecule has 2 N–H and O–H groups in total. The van der Waals surface area contributed by atoms with Crippen molar-refractivity contribution in [1.29, 1.82) is 0 Å². The summed E-state index contributed by atoms with van der Waals surface area (Å²) in [6.07, 6.45) is 12.3. The van der Waals surface area contributed by atoms with Gasteiger partial charge in [0.2, 0.25) is 0 Å². The van der Waals surface area contributed by atoms with E-state index in [9.17, 15) is 14.7 Å². The number of phenols is 1. The van der Waals surface area contributed by atoms with Gasteiger partial charge in [-0.3, -0.25) is 4.79 Å². The van der Waals surface area contributed by atoms with Crippen molar-refractivity contribution in [1.82, 2.24) is 5.32 Å². The van der Waals surface area contributed by atoms with Crippen LogP contribution in [0.2, 0.25) is 0 Å². The third-order valence-electron chi connectivity index (χ3n) is 4.72. The summed E-state index contributed by atoms with van der Waals surface area (Å²) >= 11 is 3.94. The highest BCUT2D eigenvalue weighted by molar-refractivity contribution is 14.1. The highest BCUT2D eigenvalue weighted by Gasteiger charge is 2.19. The normalized spacial score (nSPS) is 11.9. The fourth-order valence-corrected chi connectivity index (χ4v) is 4.69. The van der Waals surface area contributed by atoms with Gasteiger partial charge in [0.05, 0.1) is 13.7 Å². The Labute approximate surface area is 202 Å². The molecule has 1 rings (SSSR count). The zero-order valence-electron chi connectivity index (χ0n) is 17.4. The van der Waals surface area contributed by atoms with E-state index in [4.69, 9.17) is 4.74 Å². The van der Waals surface area contributed by atoms with Crippen LogP contribution in [0.15, 0.2) is 12.1 Å². The van der Waals surface area contributed by atoms with E-state index in [1.165, 1.54) is 51.4 Å². The van der Waals surface area contributed by atoms with Crippen LogP contribution >= 0.6 is 45.2 Å². The van der Waals surface area contributed by atoms with Gasteiger partial charge in [-0.05, 0) is 70.7 Å². The van der Waals surface area contributed by atoms with Crippen LogP contribution in [0.1, 0.15) is 88.4 Å². The second kappa shape index (κ2) is 15.3. The van der Waals surface area contributed by atoms with Crippen LogP contribution in [0.5, 0.6) is 5.75 Å². The molecule has 5 nitrogen and oxygen atoms in total. The second-order valence-corrected chi connectivity index (χ2v) is 9.66. The van der Waals surface area contributed by atoms with E-state index in [1.54, 1.807) is 19.1 Å². The molecular formula is C22H33I2NO4. The van der Waals surface area contributed by atoms with Crippen LogP contribution in [0, 0.1) is 7.14 Å². The summed E-state index contributed by atoms with van der Waals surface area (Å²) in [6, 6.07) is 2.47. The number of unbranched alkanes of at least 4 members (excludes halogenated alkanes) is 9. The number of esters is 1. The summed E-state index contributed by atoms with van der Waals surface area (Å²) in [5.41, 5.74) is 0.408. The van der Waals surface area contributed by atoms with E-state index in [1.807, 2.05) is 45.2 Å². The van der Waals surface area contributed by atoms with Crippen LogP contribution in [-0.2, 0) is 9.53 Å². The Hall–Kier alpha value is -0.580. The van der Waals surface area contributed by atoms with Crippen LogP contribution in [-0.4, -0.2) is 29.6 Å². The first kappa shape index (κ1) is 26.5. The average Bonchev–Trinajstić information content (AvgIpc) is 2.69. The van der Waals surface area contributed by atoms with Crippen molar-refractivity contribution in [2.24, 2.45) is 0 Å². The molecule has 0 radical (unpaired) electrons. The molecular weight excluding hydrogens is 596 g/mol. The third kappa shape index (κ3) is 10.8. The SMILES string of the molecule is CCCCCCCCCCCCOC(=O)C(C)NC(=O)c1cc(I)c(O)c(I)c1. The Morgan fingerprint density at radius 2 is 1.45 bits per heavy atom. The zero-order valence-corrected chi connectivity index (χ0v) is 21.8. The summed E-state index contributed by atoms with van der Waals surface area (Å²) in [5, 5.41) is 12.5. The first-order chi connectivity index (χ1) is 13.9. The van der Waals surface area contributed by atoms with Gasteiger partial charge in [-0.25, -0.2) is 4.79 Å². The number of carbonyl (C=O) groups excluding carboxylic acids is 2. The lowest BCUT2D eigenvalue weighted by atomic mass is 10.1. The van der Waals surface area contributed by atoms with Crippen molar-refractivity contribution < 1.29 is 19.4 Å². The molecule has 0 heterocycles. The second-order valence-electron chi connectivity index (χ2n) is 7.33. The monoisotopic (exact) mass is 629 g/mol. The molecule has 0 bridgehead atoms. The maximum absolute atomic E-state index is 12.3. The van der Waals surface area contributed by atoms with Crippen molar-refractivity contribution in [2.45, 2.75) is 84.1 Å². The quantitative estimate of drug-likeness (QED) is 0.147. The van der Waals surface area contributed by atoms with Gasteiger partial charge in [0, 0.05) is 5.56 Å². The lowest BCUT2D eigenvalue weighted by Gasteiger charge is -2.14. The fourth-order valence-electron chi connectivity index (χ4n) is 2.92. The molecule has 0 fully saturated rings. The first-order valence-electron chi connectivity index (χ1n) is 10.5. The zero-order chi connectivity index (χ0) is 21.6. The third-order valence-corrected chi connectivity index (χ3v) is 6.37. The Kier molecular flexibility index (Phi) is 13.9. The lowest BCUT2D eigenvalue weighted by Crippen LogP contribution is -2.39. The molecule has 0 saturated carbocycles. The fraction of sp³-hybridized carbons (Fsp3) is 0.636. The molecule has 1 aromatic carbocycles. The van der Waals surface area contributed by atoms with Gasteiger partial charge in [0.25, 0.3) is 5.91 Å². The first-order valence-corrected chi connectivity index (χ1v) is 12.7. The Bertz CT molecular complexity index is 629. The van der Waals surface area contributed by atoms with E-state index in [0.717, 1.165) is 12.8 Å². The van der Waals surface area contributed by atoms with Gasteiger partial charge in [-0.15, -0.1) is 0 Å². The maximum atomic E-state index is 12.3. The minimum Gasteiger partial charge on any atom is -0.506 e. The molecule has 0 aliphatic rings. The number of halogens is 2. The van der Waals surface area contributed by atoms with Crippen molar-refractivity contribution in [3.63, 3.8) is 0 Å². The molecule has 0 saturated heterocycles. The van der Waals surface area contributed by atoms with E-state index in [0.29, 0.717) is 19.3 Å². The molecule has 7 heteroatoms. The largest absolute Gasteiger partial charge is 0.506 e. The number of phenolic OH excluding ortho intramolecular Hbond substituents is 1. The Balaban J connectivity index is 2.18. The van der Waals surface area contributed by atoms with E-state index < -0.39 is 12.0 Å². The molecule has 1 atom stereocenters. The molecule has 0 aliphatic carbocycles. The van der Waals surface area contributed by atoms with Gasteiger partial charge in [0.15, 0.2) is 0 Å². The summed E-state index contributed by atoms with van der Waals surface area (Å²) in [4.78, 5) is 24.4. The molecule has 0 aromatic heterocycles. The van der Waals surface area contributed by atoms with Crippen molar-refractivity contribution in [3.05, 3.63) is 24.8 Å². The van der Waals surface area contributed by atoms with Crippen LogP contribution in [0.4, 0.5) is 0 Å². The van der Waals surface area contributed by atoms with Gasteiger partial charge in [0.1, 0.15) is 11.8 Å².